The number of hydrogen-bond donors (Lipinski definition) is 1. The van der Waals surface area contributed by atoms with Gasteiger partial charge in [-0.05, 0) is 34.5 Å². The molecule has 0 aliphatic rings. The topological polar surface area (TPSA) is 26.0 Å². The van der Waals surface area contributed by atoms with E-state index in [2.05, 4.69) is 46.8 Å². The van der Waals surface area contributed by atoms with Gasteiger partial charge in [0.25, 0.3) is 0 Å². The molecule has 2 aromatic carbocycles. The van der Waals surface area contributed by atoms with E-state index in [1.165, 1.54) is 10.8 Å². The number of benzene rings is 2. The van der Waals surface area contributed by atoms with Gasteiger partial charge in [-0.3, -0.25) is 0 Å². The first-order valence-corrected chi connectivity index (χ1v) is 5.57. The predicted molar refractivity (Wildman–Crippen MR) is 68.8 cm³/mol. The summed E-state index contributed by atoms with van der Waals surface area (Å²) in [6, 6.07) is 12.4. The third kappa shape index (κ3) is 2.11. The van der Waals surface area contributed by atoms with Crippen molar-refractivity contribution in [1.82, 2.24) is 0 Å². The van der Waals surface area contributed by atoms with Crippen LogP contribution in [0.5, 0.6) is 0 Å². The smallest absolute Gasteiger partial charge is 0.0478 e. The monoisotopic (exact) mass is 261 g/mol. The summed E-state index contributed by atoms with van der Waals surface area (Å²) in [5.41, 5.74) is 6.98. The summed E-state index contributed by atoms with van der Waals surface area (Å²) in [6.07, 6.45) is 1.75. The van der Waals surface area contributed by atoms with Crippen LogP contribution in [-0.4, -0.2) is 0 Å². The molecule has 0 saturated heterocycles. The van der Waals surface area contributed by atoms with Crippen molar-refractivity contribution in [2.24, 2.45) is 5.73 Å². The molecule has 1 nitrogen and oxygen atoms in total. The van der Waals surface area contributed by atoms with Crippen molar-refractivity contribution in [2.45, 2.75) is 6.04 Å². The van der Waals surface area contributed by atoms with Gasteiger partial charge in [0, 0.05) is 10.5 Å². The summed E-state index contributed by atoms with van der Waals surface area (Å²) in [6.45, 7) is 3.70. The Kier molecular flexibility index (Phi) is 2.89. The van der Waals surface area contributed by atoms with E-state index in [1.807, 2.05) is 12.1 Å². The third-order valence-corrected chi connectivity index (χ3v) is 2.96. The summed E-state index contributed by atoms with van der Waals surface area (Å²) < 4.78 is 1.09. The van der Waals surface area contributed by atoms with Crippen molar-refractivity contribution in [3.8, 4) is 0 Å². The molecule has 2 aromatic rings. The zero-order valence-electron chi connectivity index (χ0n) is 8.28. The van der Waals surface area contributed by atoms with Crippen LogP contribution in [0.15, 0.2) is 53.5 Å². The van der Waals surface area contributed by atoms with Crippen molar-refractivity contribution in [3.63, 3.8) is 0 Å². The van der Waals surface area contributed by atoms with Gasteiger partial charge in [0.2, 0.25) is 0 Å². The zero-order valence-corrected chi connectivity index (χ0v) is 9.87. The molecule has 1 atom stereocenters. The maximum Gasteiger partial charge on any atom is 0.0478 e. The third-order valence-electron chi connectivity index (χ3n) is 2.47. The number of halogens is 1. The van der Waals surface area contributed by atoms with E-state index >= 15 is 0 Å². The van der Waals surface area contributed by atoms with Gasteiger partial charge in [-0.1, -0.05) is 40.2 Å². The first kappa shape index (κ1) is 10.4. The van der Waals surface area contributed by atoms with Gasteiger partial charge in [0.05, 0.1) is 0 Å². The highest BCUT2D eigenvalue weighted by Crippen LogP contribution is 2.23. The molecule has 2 heteroatoms. The average Bonchev–Trinajstić information content (AvgIpc) is 2.27. The van der Waals surface area contributed by atoms with Gasteiger partial charge in [-0.25, -0.2) is 0 Å². The number of rotatable bonds is 2. The van der Waals surface area contributed by atoms with Crippen LogP contribution in [-0.2, 0) is 0 Å². The van der Waals surface area contributed by atoms with Crippen LogP contribution in [0.1, 0.15) is 11.6 Å². The average molecular weight is 262 g/mol. The molecular weight excluding hydrogens is 250 g/mol. The van der Waals surface area contributed by atoms with E-state index < -0.39 is 0 Å². The molecule has 0 heterocycles. The fraction of sp³-hybridized carbons (Fsp3) is 0.0769. The highest BCUT2D eigenvalue weighted by Gasteiger charge is 2.02. The molecule has 0 saturated carbocycles. The van der Waals surface area contributed by atoms with Crippen molar-refractivity contribution >= 4 is 26.7 Å². The molecule has 76 valence electrons. The zero-order chi connectivity index (χ0) is 10.8. The van der Waals surface area contributed by atoms with E-state index in [1.54, 1.807) is 6.08 Å². The van der Waals surface area contributed by atoms with E-state index in [9.17, 15) is 0 Å². The standard InChI is InChI=1S/C13H12BrN/c1-2-13(15)11-4-3-10-8-12(14)6-5-9(10)7-11/h2-8,13H,1,15H2. The van der Waals surface area contributed by atoms with E-state index in [4.69, 9.17) is 5.73 Å². The Morgan fingerprint density at radius 2 is 1.80 bits per heavy atom. The minimum atomic E-state index is -0.0851. The Balaban J connectivity index is 2.56. The number of nitrogens with two attached hydrogens (primary N) is 1. The predicted octanol–water partition coefficient (Wildman–Crippen LogP) is 3.79. The normalized spacial score (nSPS) is 12.7. The van der Waals surface area contributed by atoms with Gasteiger partial charge < -0.3 is 5.73 Å². The fourth-order valence-corrected chi connectivity index (χ4v) is 1.96. The van der Waals surface area contributed by atoms with Crippen LogP contribution in [0.25, 0.3) is 10.8 Å². The Morgan fingerprint density at radius 1 is 1.13 bits per heavy atom. The second-order valence-electron chi connectivity index (χ2n) is 3.51. The number of hydrogen-bond acceptors (Lipinski definition) is 1. The largest absolute Gasteiger partial charge is 0.321 e. The SMILES string of the molecule is C=CC(N)c1ccc2cc(Br)ccc2c1. The van der Waals surface area contributed by atoms with Crippen LogP contribution in [0.3, 0.4) is 0 Å². The Morgan fingerprint density at radius 3 is 2.53 bits per heavy atom. The lowest BCUT2D eigenvalue weighted by molar-refractivity contribution is 0.917. The maximum absolute atomic E-state index is 5.89. The first-order chi connectivity index (χ1) is 7.20. The fourth-order valence-electron chi connectivity index (χ4n) is 1.58. The molecule has 0 aliphatic carbocycles. The number of fused-ring (bicyclic) bond motifs is 1. The lowest BCUT2D eigenvalue weighted by atomic mass is 10.0. The highest BCUT2D eigenvalue weighted by molar-refractivity contribution is 9.10. The van der Waals surface area contributed by atoms with Crippen LogP contribution in [0, 0.1) is 0 Å². The summed E-state index contributed by atoms with van der Waals surface area (Å²) in [4.78, 5) is 0. The van der Waals surface area contributed by atoms with Crippen molar-refractivity contribution in [3.05, 3.63) is 59.1 Å². The van der Waals surface area contributed by atoms with Crippen molar-refractivity contribution < 1.29 is 0 Å². The van der Waals surface area contributed by atoms with Crippen LogP contribution >= 0.6 is 15.9 Å². The summed E-state index contributed by atoms with van der Waals surface area (Å²) in [5, 5.41) is 2.41. The quantitative estimate of drug-likeness (QED) is 0.819. The maximum atomic E-state index is 5.89. The summed E-state index contributed by atoms with van der Waals surface area (Å²) in [5.74, 6) is 0. The van der Waals surface area contributed by atoms with Gasteiger partial charge in [-0.2, -0.15) is 0 Å². The molecule has 2 rings (SSSR count). The van der Waals surface area contributed by atoms with E-state index in [-0.39, 0.29) is 6.04 Å². The van der Waals surface area contributed by atoms with Crippen LogP contribution in [0.4, 0.5) is 0 Å². The molecule has 0 aliphatic heterocycles. The molecule has 2 N–H and O–H groups in total. The van der Waals surface area contributed by atoms with Crippen LogP contribution in [0.2, 0.25) is 0 Å². The van der Waals surface area contributed by atoms with Gasteiger partial charge in [0.15, 0.2) is 0 Å². The van der Waals surface area contributed by atoms with Gasteiger partial charge >= 0.3 is 0 Å². The lowest BCUT2D eigenvalue weighted by Gasteiger charge is -2.08. The van der Waals surface area contributed by atoms with Gasteiger partial charge in [0.1, 0.15) is 0 Å². The molecule has 0 bridgehead atoms. The highest BCUT2D eigenvalue weighted by atomic mass is 79.9. The second-order valence-corrected chi connectivity index (χ2v) is 4.43. The molecule has 15 heavy (non-hydrogen) atoms. The van der Waals surface area contributed by atoms with E-state index in [0.29, 0.717) is 0 Å². The van der Waals surface area contributed by atoms with Crippen molar-refractivity contribution in [1.29, 1.82) is 0 Å². The first-order valence-electron chi connectivity index (χ1n) is 4.78. The minimum absolute atomic E-state index is 0.0851. The Bertz CT molecular complexity index is 505. The summed E-state index contributed by atoms with van der Waals surface area (Å²) >= 11 is 3.45. The lowest BCUT2D eigenvalue weighted by Crippen LogP contribution is -2.05. The van der Waals surface area contributed by atoms with Crippen molar-refractivity contribution in [2.75, 3.05) is 0 Å². The van der Waals surface area contributed by atoms with Gasteiger partial charge in [-0.15, -0.1) is 6.58 Å². The van der Waals surface area contributed by atoms with E-state index in [0.717, 1.165) is 10.0 Å². The van der Waals surface area contributed by atoms with Crippen LogP contribution < -0.4 is 5.73 Å². The Hall–Kier alpha value is -1.12. The molecule has 0 amide bonds. The Labute approximate surface area is 97.7 Å². The summed E-state index contributed by atoms with van der Waals surface area (Å²) in [7, 11) is 0. The molecular formula is C13H12BrN. The molecule has 1 unspecified atom stereocenters. The second kappa shape index (κ2) is 4.17. The minimum Gasteiger partial charge on any atom is -0.321 e. The molecule has 0 radical (unpaired) electrons. The molecule has 0 spiro atoms. The molecule has 0 aromatic heterocycles. The molecule has 0 fully saturated rings.